The topological polar surface area (TPSA) is 8.81 Å². The molecule has 0 saturated carbocycles. The lowest BCUT2D eigenvalue weighted by atomic mass is 9.78. The Kier molecular flexibility index (Phi) is 11.2. The zero-order chi connectivity index (χ0) is 39.3. The third kappa shape index (κ3) is 8.91. The SMILES string of the molecule is CC(C)[C@H](c1ccccc1-c1cc(C(C)(C)C)cc(C(C)(C)C)c1)n1cc[n+]([C@@H](c2ccccc2-c2cc(C(C)(C)C)cc(C(C)(C)C)c2)C(C)C)c1. The number of imidazole rings is 1. The van der Waals surface area contributed by atoms with Crippen molar-refractivity contribution in [3.63, 3.8) is 0 Å². The molecule has 0 amide bonds. The molecule has 1 aromatic heterocycles. The lowest BCUT2D eigenvalue weighted by Crippen LogP contribution is -2.41. The molecule has 2 heteroatoms. The van der Waals surface area contributed by atoms with Crippen molar-refractivity contribution >= 4 is 0 Å². The van der Waals surface area contributed by atoms with E-state index in [1.54, 1.807) is 0 Å². The molecule has 1 heterocycles. The van der Waals surface area contributed by atoms with Crippen molar-refractivity contribution in [3.05, 3.63) is 137 Å². The molecule has 0 unspecified atom stereocenters. The van der Waals surface area contributed by atoms with Gasteiger partial charge in [-0.25, -0.2) is 9.13 Å². The van der Waals surface area contributed by atoms with Crippen molar-refractivity contribution in [2.75, 3.05) is 0 Å². The van der Waals surface area contributed by atoms with Gasteiger partial charge in [-0.3, -0.25) is 0 Å². The summed E-state index contributed by atoms with van der Waals surface area (Å²) < 4.78 is 4.94. The molecular weight excluding hydrogens is 641 g/mol. The quantitative estimate of drug-likeness (QED) is 0.142. The molecule has 0 N–H and O–H groups in total. The van der Waals surface area contributed by atoms with Gasteiger partial charge in [0.15, 0.2) is 0 Å². The Morgan fingerprint density at radius 2 is 0.849 bits per heavy atom. The van der Waals surface area contributed by atoms with E-state index in [1.807, 2.05) is 0 Å². The Hall–Kier alpha value is -3.91. The summed E-state index contributed by atoms with van der Waals surface area (Å²) in [7, 11) is 0. The van der Waals surface area contributed by atoms with E-state index in [0.29, 0.717) is 11.8 Å². The standard InChI is InChI=1S/C51H69N2/c1-34(2)46(44-23-19-17-21-42(44)36-27-38(48(5,6)7)31-39(28-36)49(8,9)10)52-25-26-53(33-52)47(35(3)4)45-24-20-18-22-43(45)37-29-40(50(11,12)13)32-41(30-37)51(14,15)16/h17-35,46-47H,1-16H3/q+1/t46-,47-/m1/s1. The first kappa shape index (κ1) is 40.3. The zero-order valence-electron chi connectivity index (χ0n) is 36.0. The van der Waals surface area contributed by atoms with Gasteiger partial charge >= 0.3 is 0 Å². The van der Waals surface area contributed by atoms with Crippen molar-refractivity contribution in [1.29, 1.82) is 0 Å². The van der Waals surface area contributed by atoms with Crippen LogP contribution in [0.15, 0.2) is 104 Å². The second-order valence-corrected chi connectivity index (χ2v) is 20.5. The van der Waals surface area contributed by atoms with E-state index in [2.05, 4.69) is 224 Å². The van der Waals surface area contributed by atoms with Crippen LogP contribution in [0.1, 0.15) is 156 Å². The number of rotatable bonds is 8. The Morgan fingerprint density at radius 3 is 1.23 bits per heavy atom. The summed E-state index contributed by atoms with van der Waals surface area (Å²) in [6.45, 7) is 37.4. The molecule has 0 radical (unpaired) electrons. The van der Waals surface area contributed by atoms with E-state index in [-0.39, 0.29) is 33.7 Å². The molecule has 5 rings (SSSR count). The predicted octanol–water partition coefficient (Wildman–Crippen LogP) is 13.8. The highest BCUT2D eigenvalue weighted by Crippen LogP contribution is 2.40. The van der Waals surface area contributed by atoms with Crippen LogP contribution >= 0.6 is 0 Å². The fourth-order valence-corrected chi connectivity index (χ4v) is 7.78. The Morgan fingerprint density at radius 1 is 0.472 bits per heavy atom. The normalized spacial score (nSPS) is 14.2. The van der Waals surface area contributed by atoms with Crippen molar-refractivity contribution in [1.82, 2.24) is 4.57 Å². The van der Waals surface area contributed by atoms with Crippen molar-refractivity contribution in [3.8, 4) is 22.3 Å². The van der Waals surface area contributed by atoms with Gasteiger partial charge in [0.2, 0.25) is 6.33 Å². The fourth-order valence-electron chi connectivity index (χ4n) is 7.78. The molecule has 53 heavy (non-hydrogen) atoms. The molecule has 0 fully saturated rings. The van der Waals surface area contributed by atoms with Gasteiger partial charge < -0.3 is 0 Å². The minimum Gasteiger partial charge on any atom is -0.230 e. The minimum atomic E-state index is 0.0545. The smallest absolute Gasteiger partial charge is 0.230 e. The maximum absolute atomic E-state index is 2.47. The highest BCUT2D eigenvalue weighted by atomic mass is 15.2. The number of aromatic nitrogens is 2. The summed E-state index contributed by atoms with van der Waals surface area (Å²) >= 11 is 0. The first-order valence-electron chi connectivity index (χ1n) is 20.1. The van der Waals surface area contributed by atoms with Gasteiger partial charge in [0.25, 0.3) is 0 Å². The highest BCUT2D eigenvalue weighted by Gasteiger charge is 2.32. The summed E-state index contributed by atoms with van der Waals surface area (Å²) in [6, 6.07) is 33.2. The summed E-state index contributed by atoms with van der Waals surface area (Å²) in [5.41, 5.74) is 13.8. The average Bonchev–Trinajstić information content (AvgIpc) is 3.51. The van der Waals surface area contributed by atoms with Gasteiger partial charge in [-0.2, -0.15) is 0 Å². The molecule has 0 spiro atoms. The predicted molar refractivity (Wildman–Crippen MR) is 229 cm³/mol. The molecule has 0 aliphatic rings. The number of nitrogens with zero attached hydrogens (tertiary/aromatic N) is 2. The van der Waals surface area contributed by atoms with Gasteiger partial charge in [-0.15, -0.1) is 0 Å². The van der Waals surface area contributed by atoms with Gasteiger partial charge in [-0.05, 0) is 78.0 Å². The molecule has 0 aliphatic heterocycles. The van der Waals surface area contributed by atoms with Crippen LogP contribution in [0.3, 0.4) is 0 Å². The second-order valence-electron chi connectivity index (χ2n) is 20.5. The van der Waals surface area contributed by atoms with Crippen LogP contribution in [-0.2, 0) is 21.7 Å². The van der Waals surface area contributed by atoms with Gasteiger partial charge in [0, 0.05) is 11.1 Å². The zero-order valence-corrected chi connectivity index (χ0v) is 36.0. The van der Waals surface area contributed by atoms with Crippen LogP contribution in [0.25, 0.3) is 22.3 Å². The maximum atomic E-state index is 2.47. The first-order valence-corrected chi connectivity index (χ1v) is 20.1. The lowest BCUT2D eigenvalue weighted by molar-refractivity contribution is -0.719. The van der Waals surface area contributed by atoms with Crippen LogP contribution in [0, 0.1) is 11.8 Å². The average molecular weight is 710 g/mol. The molecule has 5 aromatic rings. The second kappa shape index (κ2) is 14.7. The van der Waals surface area contributed by atoms with Crippen molar-refractivity contribution in [2.45, 2.75) is 145 Å². The Balaban J connectivity index is 1.64. The summed E-state index contributed by atoms with van der Waals surface area (Å²) in [4.78, 5) is 0. The number of benzene rings is 4. The molecule has 0 aliphatic carbocycles. The van der Waals surface area contributed by atoms with Crippen LogP contribution in [0.5, 0.6) is 0 Å². The van der Waals surface area contributed by atoms with Crippen LogP contribution in [0.2, 0.25) is 0 Å². The van der Waals surface area contributed by atoms with E-state index < -0.39 is 0 Å². The van der Waals surface area contributed by atoms with Gasteiger partial charge in [0.1, 0.15) is 24.5 Å². The third-order valence-corrected chi connectivity index (χ3v) is 11.1. The van der Waals surface area contributed by atoms with E-state index in [1.165, 1.54) is 55.6 Å². The summed E-state index contributed by atoms with van der Waals surface area (Å²) in [5, 5.41) is 0. The van der Waals surface area contributed by atoms with Gasteiger partial charge in [0.05, 0.1) is 0 Å². The Labute approximate surface area is 323 Å². The monoisotopic (exact) mass is 710 g/mol. The van der Waals surface area contributed by atoms with Crippen molar-refractivity contribution < 1.29 is 4.57 Å². The van der Waals surface area contributed by atoms with Gasteiger partial charge in [-0.1, -0.05) is 196 Å². The summed E-state index contributed by atoms with van der Waals surface area (Å²) in [6.07, 6.45) is 6.99. The molecule has 4 aromatic carbocycles. The largest absolute Gasteiger partial charge is 0.244 e. The molecule has 2 nitrogen and oxygen atoms in total. The molecule has 2 atom stereocenters. The fraction of sp³-hybridized carbons (Fsp3) is 0.471. The maximum Gasteiger partial charge on any atom is 0.244 e. The number of hydrogen-bond acceptors (Lipinski definition) is 0. The summed E-state index contributed by atoms with van der Waals surface area (Å²) in [5.74, 6) is 0.760. The van der Waals surface area contributed by atoms with Crippen LogP contribution < -0.4 is 4.57 Å². The molecular formula is C51H69N2+. The molecule has 282 valence electrons. The lowest BCUT2D eigenvalue weighted by Gasteiger charge is -2.28. The van der Waals surface area contributed by atoms with E-state index in [9.17, 15) is 0 Å². The minimum absolute atomic E-state index is 0.0545. The van der Waals surface area contributed by atoms with Crippen molar-refractivity contribution in [2.24, 2.45) is 11.8 Å². The van der Waals surface area contributed by atoms with E-state index >= 15 is 0 Å². The third-order valence-electron chi connectivity index (χ3n) is 11.1. The van der Waals surface area contributed by atoms with E-state index in [0.717, 1.165) is 0 Å². The molecule has 0 saturated heterocycles. The number of hydrogen-bond donors (Lipinski definition) is 0. The van der Waals surface area contributed by atoms with Crippen LogP contribution in [0.4, 0.5) is 0 Å². The van der Waals surface area contributed by atoms with E-state index in [4.69, 9.17) is 0 Å². The first-order chi connectivity index (χ1) is 24.5. The highest BCUT2D eigenvalue weighted by molar-refractivity contribution is 5.71. The molecule has 0 bridgehead atoms. The van der Waals surface area contributed by atoms with Crippen LogP contribution in [-0.4, -0.2) is 4.57 Å². The Bertz CT molecular complexity index is 1810.